The second-order valence-electron chi connectivity index (χ2n) is 7.98. The van der Waals surface area contributed by atoms with E-state index in [4.69, 9.17) is 19.4 Å². The Kier molecular flexibility index (Phi) is 6.55. The third kappa shape index (κ3) is 5.16. The summed E-state index contributed by atoms with van der Waals surface area (Å²) in [4.78, 5) is 17.0. The van der Waals surface area contributed by atoms with Gasteiger partial charge in [-0.05, 0) is 53.5 Å². The van der Waals surface area contributed by atoms with Crippen molar-refractivity contribution in [2.45, 2.75) is 6.54 Å². The second kappa shape index (κ2) is 10.1. The van der Waals surface area contributed by atoms with E-state index in [1.807, 2.05) is 42.5 Å². The van der Waals surface area contributed by atoms with E-state index in [1.54, 1.807) is 22.8 Å². The van der Waals surface area contributed by atoms with Gasteiger partial charge in [0.1, 0.15) is 19.5 Å². The molecule has 0 aliphatic carbocycles. The molecule has 176 valence electrons. The zero-order chi connectivity index (χ0) is 25.1. The maximum absolute atomic E-state index is 13.1. The Morgan fingerprint density at radius 3 is 2.56 bits per heavy atom. The summed E-state index contributed by atoms with van der Waals surface area (Å²) in [5, 5.41) is 13.7. The molecule has 0 atom stereocenters. The molecule has 0 aliphatic heterocycles. The van der Waals surface area contributed by atoms with Crippen LogP contribution in [0.15, 0.2) is 85.1 Å². The Labute approximate surface area is 212 Å². The van der Waals surface area contributed by atoms with Crippen molar-refractivity contribution in [3.05, 3.63) is 101 Å². The van der Waals surface area contributed by atoms with Gasteiger partial charge in [0.25, 0.3) is 0 Å². The highest BCUT2D eigenvalue weighted by Gasteiger charge is 2.12. The van der Waals surface area contributed by atoms with E-state index in [9.17, 15) is 9.18 Å². The van der Waals surface area contributed by atoms with Crippen LogP contribution in [-0.2, 0) is 6.54 Å². The highest BCUT2D eigenvalue weighted by molar-refractivity contribution is 6.36. The SMILES string of the molecule is [B]c1cnn2c(NCc3cccc(NC(=O)Nc4ccc(F)cc4)c3)cc(-c3ccccc3Cl)nc12. The van der Waals surface area contributed by atoms with Crippen molar-refractivity contribution in [3.8, 4) is 11.3 Å². The van der Waals surface area contributed by atoms with E-state index < -0.39 is 6.03 Å². The molecule has 0 saturated heterocycles. The number of carbonyl (C=O) groups excluding carboxylic acids is 1. The molecular weight excluding hydrogens is 478 g/mol. The summed E-state index contributed by atoms with van der Waals surface area (Å²) < 4.78 is 14.7. The minimum Gasteiger partial charge on any atom is -0.366 e. The average Bonchev–Trinajstić information content (AvgIpc) is 3.25. The number of nitrogens with one attached hydrogen (secondary N) is 3. The summed E-state index contributed by atoms with van der Waals surface area (Å²) in [6.45, 7) is 0.440. The van der Waals surface area contributed by atoms with E-state index in [-0.39, 0.29) is 5.82 Å². The lowest BCUT2D eigenvalue weighted by Gasteiger charge is -2.13. The van der Waals surface area contributed by atoms with Crippen molar-refractivity contribution in [3.63, 3.8) is 0 Å². The molecule has 0 unspecified atom stereocenters. The van der Waals surface area contributed by atoms with Crippen LogP contribution in [0.4, 0.5) is 26.4 Å². The maximum atomic E-state index is 13.1. The number of aromatic nitrogens is 3. The van der Waals surface area contributed by atoms with Gasteiger partial charge in [-0.25, -0.2) is 14.2 Å². The molecule has 10 heteroatoms. The van der Waals surface area contributed by atoms with Gasteiger partial charge < -0.3 is 16.0 Å². The molecule has 0 aliphatic rings. The summed E-state index contributed by atoms with van der Waals surface area (Å²) in [6.07, 6.45) is 1.55. The van der Waals surface area contributed by atoms with Gasteiger partial charge in [0, 0.05) is 40.8 Å². The molecule has 2 heterocycles. The number of rotatable bonds is 6. The number of fused-ring (bicyclic) bond motifs is 1. The lowest BCUT2D eigenvalue weighted by molar-refractivity contribution is 0.262. The van der Waals surface area contributed by atoms with Gasteiger partial charge in [-0.1, -0.05) is 41.9 Å². The number of carbonyl (C=O) groups is 1. The van der Waals surface area contributed by atoms with Crippen LogP contribution in [0, 0.1) is 5.82 Å². The summed E-state index contributed by atoms with van der Waals surface area (Å²) in [5.41, 5.74) is 4.42. The van der Waals surface area contributed by atoms with Gasteiger partial charge in [-0.15, -0.1) is 0 Å². The Balaban J connectivity index is 1.33. The first-order chi connectivity index (χ1) is 17.5. The van der Waals surface area contributed by atoms with E-state index in [1.165, 1.54) is 24.3 Å². The Morgan fingerprint density at radius 2 is 1.75 bits per heavy atom. The molecule has 5 aromatic rings. The molecule has 3 N–H and O–H groups in total. The number of anilines is 3. The molecule has 0 bridgehead atoms. The third-order valence-electron chi connectivity index (χ3n) is 5.41. The topological polar surface area (TPSA) is 83.3 Å². The van der Waals surface area contributed by atoms with Crippen LogP contribution in [0.2, 0.25) is 5.02 Å². The predicted octanol–water partition coefficient (Wildman–Crippen LogP) is 5.24. The van der Waals surface area contributed by atoms with Gasteiger partial charge in [0.2, 0.25) is 0 Å². The molecule has 3 aromatic carbocycles. The summed E-state index contributed by atoms with van der Waals surface area (Å²) >= 11 is 6.40. The minimum atomic E-state index is -0.432. The highest BCUT2D eigenvalue weighted by Crippen LogP contribution is 2.28. The van der Waals surface area contributed by atoms with Crippen LogP contribution in [0.5, 0.6) is 0 Å². The van der Waals surface area contributed by atoms with E-state index >= 15 is 0 Å². The Bertz CT molecular complexity index is 1560. The standard InChI is InChI=1S/C26H19BClFN6O/c27-21-15-31-35-24(13-23(34-25(21)35)20-6-1-2-7-22(20)28)30-14-16-4-3-5-19(12-16)33-26(36)32-18-10-8-17(29)9-11-18/h1-13,15,30H,14H2,(H2,32,33,36). The first-order valence-electron chi connectivity index (χ1n) is 11.0. The average molecular weight is 497 g/mol. The summed E-state index contributed by atoms with van der Waals surface area (Å²) in [7, 11) is 6.09. The van der Waals surface area contributed by atoms with E-state index in [0.29, 0.717) is 45.6 Å². The molecule has 5 rings (SSSR count). The van der Waals surface area contributed by atoms with E-state index in [0.717, 1.165) is 11.1 Å². The van der Waals surface area contributed by atoms with Crippen molar-refractivity contribution >= 4 is 53.8 Å². The van der Waals surface area contributed by atoms with Crippen LogP contribution in [0.3, 0.4) is 0 Å². The van der Waals surface area contributed by atoms with Crippen molar-refractivity contribution in [2.24, 2.45) is 0 Å². The van der Waals surface area contributed by atoms with Crippen molar-refractivity contribution in [1.29, 1.82) is 0 Å². The maximum Gasteiger partial charge on any atom is 0.323 e. The summed E-state index contributed by atoms with van der Waals surface area (Å²) in [6, 6.07) is 21.8. The molecule has 2 aromatic heterocycles. The van der Waals surface area contributed by atoms with Crippen molar-refractivity contribution in [1.82, 2.24) is 14.6 Å². The van der Waals surface area contributed by atoms with Gasteiger partial charge in [-0.2, -0.15) is 9.61 Å². The highest BCUT2D eigenvalue weighted by atomic mass is 35.5. The van der Waals surface area contributed by atoms with Crippen LogP contribution in [-0.4, -0.2) is 28.5 Å². The van der Waals surface area contributed by atoms with Crippen LogP contribution in [0.25, 0.3) is 16.9 Å². The fraction of sp³-hybridized carbons (Fsp3) is 0.0385. The largest absolute Gasteiger partial charge is 0.366 e. The number of hydrogen-bond acceptors (Lipinski definition) is 4. The number of urea groups is 1. The Hall–Kier alpha value is -4.37. The van der Waals surface area contributed by atoms with Gasteiger partial charge in [0.15, 0.2) is 5.65 Å². The normalized spacial score (nSPS) is 10.8. The molecule has 0 spiro atoms. The zero-order valence-electron chi connectivity index (χ0n) is 18.9. The molecule has 7 nitrogen and oxygen atoms in total. The molecule has 2 amide bonds. The smallest absolute Gasteiger partial charge is 0.323 e. The lowest BCUT2D eigenvalue weighted by Crippen LogP contribution is -2.19. The predicted molar refractivity (Wildman–Crippen MR) is 142 cm³/mol. The number of hydrogen-bond donors (Lipinski definition) is 3. The first kappa shape index (κ1) is 23.4. The molecule has 36 heavy (non-hydrogen) atoms. The van der Waals surface area contributed by atoms with Crippen molar-refractivity contribution < 1.29 is 9.18 Å². The number of amides is 2. The quantitative estimate of drug-likeness (QED) is 0.281. The zero-order valence-corrected chi connectivity index (χ0v) is 19.6. The van der Waals surface area contributed by atoms with Crippen molar-refractivity contribution in [2.75, 3.05) is 16.0 Å². The Morgan fingerprint density at radius 1 is 0.972 bits per heavy atom. The van der Waals surface area contributed by atoms with Crippen LogP contribution >= 0.6 is 11.6 Å². The monoisotopic (exact) mass is 496 g/mol. The van der Waals surface area contributed by atoms with Crippen LogP contribution < -0.4 is 21.4 Å². The molecular formula is C26H19BClFN6O. The second-order valence-corrected chi connectivity index (χ2v) is 8.39. The number of nitrogens with zero attached hydrogens (tertiary/aromatic N) is 3. The number of benzene rings is 3. The fourth-order valence-electron chi connectivity index (χ4n) is 3.69. The molecule has 0 saturated carbocycles. The van der Waals surface area contributed by atoms with Gasteiger partial charge in [0.05, 0.1) is 5.69 Å². The van der Waals surface area contributed by atoms with Gasteiger partial charge >= 0.3 is 6.03 Å². The fourth-order valence-corrected chi connectivity index (χ4v) is 3.92. The van der Waals surface area contributed by atoms with Crippen LogP contribution in [0.1, 0.15) is 5.56 Å². The minimum absolute atomic E-state index is 0.371. The molecule has 0 fully saturated rings. The summed E-state index contributed by atoms with van der Waals surface area (Å²) in [5.74, 6) is 0.309. The first-order valence-corrected chi connectivity index (χ1v) is 11.4. The lowest BCUT2D eigenvalue weighted by atomic mass is 10.0. The van der Waals surface area contributed by atoms with Gasteiger partial charge in [-0.3, -0.25) is 0 Å². The number of halogens is 2. The molecule has 2 radical (unpaired) electrons. The third-order valence-corrected chi connectivity index (χ3v) is 5.74. The van der Waals surface area contributed by atoms with E-state index in [2.05, 4.69) is 26.0 Å².